The number of fused-ring (bicyclic) bond motifs is 1. The van der Waals surface area contributed by atoms with Crippen molar-refractivity contribution in [3.8, 4) is 5.69 Å². The Bertz CT molecular complexity index is 1650. The Hall–Kier alpha value is -3.07. The highest BCUT2D eigenvalue weighted by Crippen LogP contribution is 2.29. The standard InChI is InChI=1S/C28H24FN3OS3/c1-18-8-6-9-19(2)23(18)32-26(33)24-25(30-27(32)35-17-21-12-7-13-22(29)16-21)31(28(34)36-24)15-14-20-10-4-3-5-11-20/h3-13,16H,14-15,17H2,1-2H3. The largest absolute Gasteiger partial charge is 0.307 e. The van der Waals surface area contributed by atoms with Crippen molar-refractivity contribution in [3.63, 3.8) is 0 Å². The van der Waals surface area contributed by atoms with Crippen molar-refractivity contribution in [2.24, 2.45) is 0 Å². The van der Waals surface area contributed by atoms with Gasteiger partial charge in [0.1, 0.15) is 10.5 Å². The van der Waals surface area contributed by atoms with Crippen LogP contribution in [0.5, 0.6) is 0 Å². The van der Waals surface area contributed by atoms with E-state index in [0.29, 0.717) is 31.8 Å². The Morgan fingerprint density at radius 2 is 1.67 bits per heavy atom. The van der Waals surface area contributed by atoms with Gasteiger partial charge in [-0.2, -0.15) is 0 Å². The van der Waals surface area contributed by atoms with E-state index >= 15 is 0 Å². The first-order valence-electron chi connectivity index (χ1n) is 11.6. The maximum absolute atomic E-state index is 14.0. The second-order valence-corrected chi connectivity index (χ2v) is 11.2. The summed E-state index contributed by atoms with van der Waals surface area (Å²) in [6.45, 7) is 4.62. The fourth-order valence-corrected chi connectivity index (χ4v) is 6.53. The summed E-state index contributed by atoms with van der Waals surface area (Å²) in [5.41, 5.74) is 5.30. The molecule has 2 aromatic heterocycles. The van der Waals surface area contributed by atoms with Crippen LogP contribution in [0.15, 0.2) is 82.7 Å². The fourth-order valence-electron chi connectivity index (χ4n) is 4.29. The minimum absolute atomic E-state index is 0.131. The van der Waals surface area contributed by atoms with E-state index in [1.165, 1.54) is 40.8 Å². The van der Waals surface area contributed by atoms with Crippen LogP contribution in [0, 0.1) is 23.6 Å². The lowest BCUT2D eigenvalue weighted by Crippen LogP contribution is -2.23. The Balaban J connectivity index is 1.65. The van der Waals surface area contributed by atoms with Crippen molar-refractivity contribution < 1.29 is 4.39 Å². The summed E-state index contributed by atoms with van der Waals surface area (Å²) < 4.78 is 18.6. The number of thiazole rings is 1. The van der Waals surface area contributed by atoms with Crippen LogP contribution >= 0.6 is 35.3 Å². The number of halogens is 1. The van der Waals surface area contributed by atoms with Crippen LogP contribution in [0.3, 0.4) is 0 Å². The predicted molar refractivity (Wildman–Crippen MR) is 150 cm³/mol. The van der Waals surface area contributed by atoms with Gasteiger partial charge in [0.25, 0.3) is 5.56 Å². The normalized spacial score (nSPS) is 11.3. The number of thioether (sulfide) groups is 1. The van der Waals surface area contributed by atoms with Crippen molar-refractivity contribution in [2.75, 3.05) is 0 Å². The Kier molecular flexibility index (Phi) is 7.18. The quantitative estimate of drug-likeness (QED) is 0.125. The highest BCUT2D eigenvalue weighted by molar-refractivity contribution is 7.98. The van der Waals surface area contributed by atoms with Gasteiger partial charge in [0, 0.05) is 12.3 Å². The number of aromatic nitrogens is 3. The number of nitrogens with zero attached hydrogens (tertiary/aromatic N) is 3. The third-order valence-electron chi connectivity index (χ3n) is 6.05. The van der Waals surface area contributed by atoms with E-state index in [9.17, 15) is 9.18 Å². The van der Waals surface area contributed by atoms with E-state index in [1.54, 1.807) is 10.6 Å². The lowest BCUT2D eigenvalue weighted by Gasteiger charge is -2.17. The lowest BCUT2D eigenvalue weighted by atomic mass is 10.1. The van der Waals surface area contributed by atoms with Crippen molar-refractivity contribution in [3.05, 3.63) is 115 Å². The third-order valence-corrected chi connectivity index (χ3v) is 8.48. The van der Waals surface area contributed by atoms with Gasteiger partial charge in [0.05, 0.1) is 5.69 Å². The first-order chi connectivity index (χ1) is 17.4. The number of hydrogen-bond acceptors (Lipinski definition) is 5. The van der Waals surface area contributed by atoms with Gasteiger partial charge in [0.2, 0.25) is 0 Å². The molecule has 0 unspecified atom stereocenters. The first-order valence-corrected chi connectivity index (χ1v) is 13.8. The zero-order valence-corrected chi connectivity index (χ0v) is 22.4. The van der Waals surface area contributed by atoms with Crippen LogP contribution in [0.2, 0.25) is 0 Å². The molecule has 0 saturated carbocycles. The molecule has 0 saturated heterocycles. The smallest absolute Gasteiger partial charge is 0.278 e. The minimum atomic E-state index is -0.281. The summed E-state index contributed by atoms with van der Waals surface area (Å²) in [7, 11) is 0. The van der Waals surface area contributed by atoms with Gasteiger partial charge in [-0.1, -0.05) is 83.8 Å². The first kappa shape index (κ1) is 24.6. The van der Waals surface area contributed by atoms with Crippen molar-refractivity contribution in [1.82, 2.24) is 14.1 Å². The molecule has 5 aromatic rings. The topological polar surface area (TPSA) is 39.8 Å². The Morgan fingerprint density at radius 1 is 0.972 bits per heavy atom. The predicted octanol–water partition coefficient (Wildman–Crippen LogP) is 7.27. The molecule has 0 fully saturated rings. The van der Waals surface area contributed by atoms with Gasteiger partial charge >= 0.3 is 0 Å². The van der Waals surface area contributed by atoms with Gasteiger partial charge in [-0.05, 0) is 66.9 Å². The molecule has 0 radical (unpaired) electrons. The zero-order valence-electron chi connectivity index (χ0n) is 19.9. The molecule has 0 spiro atoms. The summed E-state index contributed by atoms with van der Waals surface area (Å²) in [4.78, 5) is 19.0. The lowest BCUT2D eigenvalue weighted by molar-refractivity contribution is 0.626. The zero-order chi connectivity index (χ0) is 25.2. The van der Waals surface area contributed by atoms with Crippen molar-refractivity contribution in [1.29, 1.82) is 0 Å². The molecular weight excluding hydrogens is 510 g/mol. The SMILES string of the molecule is Cc1cccc(C)c1-n1c(SCc2cccc(F)c2)nc2c(sc(=S)n2CCc2ccccc2)c1=O. The summed E-state index contributed by atoms with van der Waals surface area (Å²) in [6.07, 6.45) is 0.786. The van der Waals surface area contributed by atoms with E-state index in [0.717, 1.165) is 28.8 Å². The number of rotatable bonds is 7. The van der Waals surface area contributed by atoms with Crippen LogP contribution in [0.1, 0.15) is 22.3 Å². The van der Waals surface area contributed by atoms with Crippen LogP contribution in [-0.2, 0) is 18.7 Å². The number of benzene rings is 3. The molecule has 0 bridgehead atoms. The van der Waals surface area contributed by atoms with Gasteiger partial charge in [-0.15, -0.1) is 0 Å². The maximum Gasteiger partial charge on any atom is 0.278 e. The molecule has 2 heterocycles. The molecule has 182 valence electrons. The fraction of sp³-hybridized carbons (Fsp3) is 0.179. The number of hydrogen-bond donors (Lipinski definition) is 0. The molecule has 4 nitrogen and oxygen atoms in total. The van der Waals surface area contributed by atoms with Crippen LogP contribution in [-0.4, -0.2) is 14.1 Å². The second-order valence-electron chi connectivity index (χ2n) is 8.60. The molecule has 36 heavy (non-hydrogen) atoms. The molecule has 5 rings (SSSR count). The second kappa shape index (κ2) is 10.5. The summed E-state index contributed by atoms with van der Waals surface area (Å²) in [5, 5.41) is 0.565. The minimum Gasteiger partial charge on any atom is -0.307 e. The van der Waals surface area contributed by atoms with Crippen molar-refractivity contribution >= 4 is 45.7 Å². The van der Waals surface area contributed by atoms with E-state index in [2.05, 4.69) is 12.1 Å². The van der Waals surface area contributed by atoms with Crippen LogP contribution < -0.4 is 5.56 Å². The highest BCUT2D eigenvalue weighted by atomic mass is 32.2. The van der Waals surface area contributed by atoms with E-state index in [-0.39, 0.29) is 11.4 Å². The third kappa shape index (κ3) is 4.93. The number of para-hydroxylation sites is 1. The van der Waals surface area contributed by atoms with Crippen LogP contribution in [0.25, 0.3) is 16.0 Å². The maximum atomic E-state index is 14.0. The summed E-state index contributed by atoms with van der Waals surface area (Å²) in [6, 6.07) is 22.7. The molecule has 3 aromatic carbocycles. The average Bonchev–Trinajstić information content (AvgIpc) is 3.18. The van der Waals surface area contributed by atoms with Gasteiger partial charge < -0.3 is 4.57 Å². The van der Waals surface area contributed by atoms with Gasteiger partial charge in [-0.25, -0.2) is 9.37 Å². The molecule has 0 aliphatic heterocycles. The molecule has 8 heteroatoms. The molecule has 0 aliphatic rings. The van der Waals surface area contributed by atoms with Crippen LogP contribution in [0.4, 0.5) is 4.39 Å². The molecule has 0 N–H and O–H groups in total. The van der Waals surface area contributed by atoms with Crippen molar-refractivity contribution in [2.45, 2.75) is 37.7 Å². The van der Waals surface area contributed by atoms with Gasteiger partial charge in [0.15, 0.2) is 14.8 Å². The molecular formula is C28H24FN3OS3. The Morgan fingerprint density at radius 3 is 2.39 bits per heavy atom. The molecule has 0 amide bonds. The van der Waals surface area contributed by atoms with E-state index < -0.39 is 0 Å². The summed E-state index contributed by atoms with van der Waals surface area (Å²) in [5.74, 6) is 0.200. The number of aryl methyl sites for hydroxylation is 4. The average molecular weight is 534 g/mol. The van der Waals surface area contributed by atoms with E-state index in [4.69, 9.17) is 17.2 Å². The van der Waals surface area contributed by atoms with E-state index in [1.807, 2.05) is 60.9 Å². The summed E-state index contributed by atoms with van der Waals surface area (Å²) >= 11 is 8.42. The monoisotopic (exact) mass is 533 g/mol. The molecule has 0 aliphatic carbocycles. The Labute approximate surface area is 222 Å². The molecule has 0 atom stereocenters. The highest BCUT2D eigenvalue weighted by Gasteiger charge is 2.20. The van der Waals surface area contributed by atoms with Gasteiger partial charge in [-0.3, -0.25) is 9.36 Å².